The fraction of sp³-hybridized carbons (Fsp3) is 0.100. The summed E-state index contributed by atoms with van der Waals surface area (Å²) in [4.78, 5) is 21.3. The molecule has 5 aromatic rings. The number of hydrogen-bond donors (Lipinski definition) is 1. The monoisotopic (exact) mass is 609 g/mol. The summed E-state index contributed by atoms with van der Waals surface area (Å²) < 4.78 is 68.3. The third-order valence-corrected chi connectivity index (χ3v) is 7.80. The maximum absolute atomic E-state index is 13.1. The van der Waals surface area contributed by atoms with E-state index in [9.17, 15) is 26.4 Å². The number of carbonyl (C=O) groups excluding carboxylic acids is 1. The fourth-order valence-corrected chi connectivity index (χ4v) is 5.05. The van der Waals surface area contributed by atoms with Gasteiger partial charge in [-0.15, -0.1) is 0 Å². The van der Waals surface area contributed by atoms with Crippen LogP contribution in [-0.4, -0.2) is 43.3 Å². The number of nitrogens with one attached hydrogen (secondary N) is 1. The van der Waals surface area contributed by atoms with Crippen molar-refractivity contribution in [1.29, 1.82) is 0 Å². The number of rotatable bonds is 7. The predicted molar refractivity (Wildman–Crippen MR) is 160 cm³/mol. The SMILES string of the molecule is [B]B=NS(=O)(=O)c1ccc(Nc2cccn3c(C#Cc4cc(C(=O)Cc5cc(C(F)(F)F)ccn5)ccc4C)cnc23)cc1. The zero-order valence-electron chi connectivity index (χ0n) is 23.0. The molecule has 1 N–H and O–H groups in total. The van der Waals surface area contributed by atoms with Gasteiger partial charge >= 0.3 is 141 Å². The van der Waals surface area contributed by atoms with Crippen molar-refractivity contribution in [2.45, 2.75) is 24.4 Å². The van der Waals surface area contributed by atoms with Gasteiger partial charge < -0.3 is 0 Å². The van der Waals surface area contributed by atoms with Crippen LogP contribution in [-0.2, 0) is 22.6 Å². The Morgan fingerprint density at radius 3 is 2.57 bits per heavy atom. The van der Waals surface area contributed by atoms with E-state index in [-0.39, 0.29) is 22.8 Å². The van der Waals surface area contributed by atoms with Gasteiger partial charge in [0, 0.05) is 23.0 Å². The van der Waals surface area contributed by atoms with Crippen LogP contribution in [0.4, 0.5) is 24.5 Å². The number of hydrogen-bond acceptors (Lipinski definition) is 6. The molecule has 0 saturated heterocycles. The third kappa shape index (κ3) is 6.79. The van der Waals surface area contributed by atoms with Gasteiger partial charge in [-0.25, -0.2) is 0 Å². The number of carbonyl (C=O) groups is 1. The van der Waals surface area contributed by atoms with E-state index in [1.165, 1.54) is 12.1 Å². The first-order chi connectivity index (χ1) is 20.9. The number of imidazole rings is 1. The molecule has 0 unspecified atom stereocenters. The molecule has 0 aliphatic heterocycles. The zero-order chi connectivity index (χ0) is 31.5. The Morgan fingerprint density at radius 2 is 1.84 bits per heavy atom. The number of halogens is 3. The summed E-state index contributed by atoms with van der Waals surface area (Å²) in [5.74, 6) is 5.76. The average Bonchev–Trinajstić information content (AvgIpc) is 3.41. The molecule has 2 aromatic carbocycles. The minimum atomic E-state index is -4.53. The summed E-state index contributed by atoms with van der Waals surface area (Å²) >= 11 is 0. The number of pyridine rings is 2. The molecule has 0 aliphatic carbocycles. The van der Waals surface area contributed by atoms with Gasteiger partial charge in [0.15, 0.2) is 5.78 Å². The number of sulfonamides is 1. The third-order valence-electron chi connectivity index (χ3n) is 6.54. The molecule has 8 nitrogen and oxygen atoms in total. The molecule has 0 atom stereocenters. The van der Waals surface area contributed by atoms with Gasteiger partial charge in [0.05, 0.1) is 12.0 Å². The summed E-state index contributed by atoms with van der Waals surface area (Å²) in [7, 11) is 1.25. The molecule has 0 aliphatic rings. The van der Waals surface area contributed by atoms with E-state index >= 15 is 0 Å². The Hall–Kier alpha value is -5.02. The van der Waals surface area contributed by atoms with Gasteiger partial charge in [-0.2, -0.15) is 13.2 Å². The Balaban J connectivity index is 1.36. The van der Waals surface area contributed by atoms with Crippen molar-refractivity contribution >= 4 is 47.5 Å². The van der Waals surface area contributed by atoms with Gasteiger partial charge in [-0.1, -0.05) is 18.1 Å². The first-order valence-electron chi connectivity index (χ1n) is 13.0. The van der Waals surface area contributed by atoms with Gasteiger partial charge in [0.25, 0.3) is 0 Å². The molecule has 0 fully saturated rings. The van der Waals surface area contributed by atoms with Crippen LogP contribution in [0.25, 0.3) is 5.65 Å². The number of anilines is 2. The number of fused-ring (bicyclic) bond motifs is 1. The zero-order valence-corrected chi connectivity index (χ0v) is 23.8. The molecule has 3 aromatic heterocycles. The van der Waals surface area contributed by atoms with Crippen LogP contribution in [0.3, 0.4) is 0 Å². The topological polar surface area (TPSA) is 106 Å². The van der Waals surface area contributed by atoms with Gasteiger partial charge in [0.1, 0.15) is 0 Å². The number of Topliss-reactive ketones (excluding diaryl/α,β-unsaturated/α-hetero) is 1. The van der Waals surface area contributed by atoms with Crippen molar-refractivity contribution in [2.24, 2.45) is 4.30 Å². The summed E-state index contributed by atoms with van der Waals surface area (Å²) in [5, 5.41) is 3.21. The van der Waals surface area contributed by atoms with E-state index in [2.05, 4.69) is 31.4 Å². The second-order valence-corrected chi connectivity index (χ2v) is 11.2. The van der Waals surface area contributed by atoms with Crippen LogP contribution in [0.1, 0.15) is 38.4 Å². The number of ketones is 1. The molecule has 0 amide bonds. The van der Waals surface area contributed by atoms with Crippen LogP contribution >= 0.6 is 0 Å². The summed E-state index contributed by atoms with van der Waals surface area (Å²) in [6.07, 6.45) is -0.399. The molecular formula is C30H20B2F3N5O3S. The summed E-state index contributed by atoms with van der Waals surface area (Å²) in [6.45, 7) is 2.56. The Labute approximate surface area is 252 Å². The second kappa shape index (κ2) is 12.3. The van der Waals surface area contributed by atoms with Crippen molar-refractivity contribution in [3.05, 3.63) is 119 Å². The van der Waals surface area contributed by atoms with Crippen LogP contribution in [0.2, 0.25) is 0 Å². The van der Waals surface area contributed by atoms with Crippen LogP contribution < -0.4 is 5.32 Å². The van der Waals surface area contributed by atoms with Gasteiger partial charge in [-0.3, -0.25) is 9.78 Å². The Morgan fingerprint density at radius 1 is 1.07 bits per heavy atom. The molecule has 44 heavy (non-hydrogen) atoms. The first-order valence-corrected chi connectivity index (χ1v) is 14.4. The van der Waals surface area contributed by atoms with E-state index in [0.29, 0.717) is 33.8 Å². The molecule has 216 valence electrons. The molecule has 5 rings (SSSR count). The molecule has 3 heterocycles. The average molecular weight is 609 g/mol. The van der Waals surface area contributed by atoms with E-state index in [4.69, 9.17) is 7.74 Å². The molecule has 14 heteroatoms. The number of nitrogens with zero attached hydrogens (tertiary/aromatic N) is 4. The summed E-state index contributed by atoms with van der Waals surface area (Å²) in [5.41, 5.74) is 3.23. The minimum absolute atomic E-state index is 0.00489. The van der Waals surface area contributed by atoms with Crippen LogP contribution in [0, 0.1) is 18.8 Å². The van der Waals surface area contributed by atoms with Crippen molar-refractivity contribution in [3.63, 3.8) is 0 Å². The number of alkyl halides is 3. The molecule has 0 saturated carbocycles. The van der Waals surface area contributed by atoms with Crippen molar-refractivity contribution < 1.29 is 26.4 Å². The summed E-state index contributed by atoms with van der Waals surface area (Å²) in [6, 6.07) is 16.3. The van der Waals surface area contributed by atoms with Crippen molar-refractivity contribution in [1.82, 2.24) is 14.4 Å². The van der Waals surface area contributed by atoms with Crippen LogP contribution in [0.5, 0.6) is 0 Å². The number of benzene rings is 2. The van der Waals surface area contributed by atoms with Gasteiger partial charge in [-0.05, 0) is 30.7 Å². The van der Waals surface area contributed by atoms with Crippen molar-refractivity contribution in [2.75, 3.05) is 5.32 Å². The van der Waals surface area contributed by atoms with Crippen LogP contribution in [0.15, 0.2) is 94.5 Å². The predicted octanol–water partition coefficient (Wildman–Crippen LogP) is 5.29. The van der Waals surface area contributed by atoms with E-state index in [1.807, 2.05) is 6.92 Å². The van der Waals surface area contributed by atoms with Crippen molar-refractivity contribution in [3.8, 4) is 11.8 Å². The normalized spacial score (nSPS) is 11.6. The standard InChI is InChI=1S/C30H20B2F3N5O3S/c1-19-4-5-21(28(41)17-24-16-22(12-13-36-24)30(33,34)35)15-20(19)6-9-25-18-37-29-27(3-2-14-40(25)29)38-23-7-10-26(11-8-23)44(42,43)39-32-31/h2-5,7-8,10-16,18,38H,17H2,1H3. The van der Waals surface area contributed by atoms with E-state index in [1.54, 1.807) is 59.3 Å². The Bertz CT molecular complexity index is 2090. The van der Waals surface area contributed by atoms with E-state index in [0.717, 1.165) is 30.9 Å². The molecule has 2 radical (unpaired) electrons. The molecule has 0 bridgehead atoms. The quantitative estimate of drug-likeness (QED) is 0.153. The number of aromatic nitrogens is 3. The maximum atomic E-state index is 13.1. The molecule has 0 spiro atoms. The fourth-order valence-electron chi connectivity index (χ4n) is 4.29. The first kappa shape index (κ1) is 30.4. The van der Waals surface area contributed by atoms with Gasteiger partial charge in [0.2, 0.25) is 0 Å². The number of aryl methyl sites for hydroxylation is 1. The van der Waals surface area contributed by atoms with E-state index < -0.39 is 21.8 Å². The second-order valence-electron chi connectivity index (χ2n) is 9.55. The molecular weight excluding hydrogens is 589 g/mol. The Kier molecular flexibility index (Phi) is 8.51.